The zero-order chi connectivity index (χ0) is 13.2. The molecular weight excluding hydrogens is 230 g/mol. The Morgan fingerprint density at radius 1 is 1.28 bits per heavy atom. The van der Waals surface area contributed by atoms with Crippen LogP contribution in [0.15, 0.2) is 0 Å². The molecule has 2 fully saturated rings. The number of hydrogen-bond acceptors (Lipinski definition) is 4. The highest BCUT2D eigenvalue weighted by molar-refractivity contribution is 5.82. The van der Waals surface area contributed by atoms with Crippen LogP contribution in [0.5, 0.6) is 0 Å². The number of ether oxygens (including phenoxy) is 1. The van der Waals surface area contributed by atoms with Crippen LogP contribution in [-0.4, -0.2) is 73.2 Å². The number of nitrogens with one attached hydrogen (secondary N) is 1. The molecule has 5 nitrogen and oxygen atoms in total. The second-order valence-corrected chi connectivity index (χ2v) is 5.82. The number of carbonyl (C=O) groups is 1. The van der Waals surface area contributed by atoms with E-state index in [0.717, 1.165) is 26.2 Å². The van der Waals surface area contributed by atoms with E-state index in [-0.39, 0.29) is 17.5 Å². The molecule has 0 aromatic rings. The maximum Gasteiger partial charge on any atom is 0.240 e. The summed E-state index contributed by atoms with van der Waals surface area (Å²) in [5.74, 6) is 0.241. The monoisotopic (exact) mass is 255 g/mol. The van der Waals surface area contributed by atoms with E-state index in [0.29, 0.717) is 19.8 Å². The Morgan fingerprint density at radius 2 is 1.94 bits per heavy atom. The molecule has 5 heteroatoms. The molecule has 0 bridgehead atoms. The number of piperazine rings is 1. The average molecular weight is 255 g/mol. The van der Waals surface area contributed by atoms with Gasteiger partial charge in [-0.1, -0.05) is 0 Å². The van der Waals surface area contributed by atoms with Gasteiger partial charge in [0.15, 0.2) is 0 Å². The molecule has 2 aliphatic heterocycles. The molecule has 0 aromatic heterocycles. The number of amides is 1. The highest BCUT2D eigenvalue weighted by Gasteiger charge is 2.37. The summed E-state index contributed by atoms with van der Waals surface area (Å²) >= 11 is 0. The van der Waals surface area contributed by atoms with Crippen LogP contribution in [0.2, 0.25) is 0 Å². The van der Waals surface area contributed by atoms with Crippen LogP contribution < -0.4 is 5.32 Å². The zero-order valence-electron chi connectivity index (χ0n) is 11.7. The van der Waals surface area contributed by atoms with Gasteiger partial charge in [0, 0.05) is 32.7 Å². The first-order valence-corrected chi connectivity index (χ1v) is 6.86. The first-order chi connectivity index (χ1) is 8.52. The van der Waals surface area contributed by atoms with Crippen molar-refractivity contribution in [3.8, 4) is 0 Å². The second-order valence-electron chi connectivity index (χ2n) is 5.82. The van der Waals surface area contributed by atoms with Crippen LogP contribution in [0.4, 0.5) is 0 Å². The first-order valence-electron chi connectivity index (χ1n) is 6.86. The van der Waals surface area contributed by atoms with Crippen LogP contribution in [0.25, 0.3) is 0 Å². The summed E-state index contributed by atoms with van der Waals surface area (Å²) in [6, 6.07) is -0.0236. The van der Waals surface area contributed by atoms with Crippen molar-refractivity contribution in [1.82, 2.24) is 15.1 Å². The Labute approximate surface area is 109 Å². The molecule has 0 aromatic carbocycles. The Kier molecular flexibility index (Phi) is 4.25. The molecule has 18 heavy (non-hydrogen) atoms. The molecular formula is C13H25N3O2. The summed E-state index contributed by atoms with van der Waals surface area (Å²) in [6.45, 7) is 12.0. The lowest BCUT2D eigenvalue weighted by Crippen LogP contribution is -2.61. The van der Waals surface area contributed by atoms with Crippen LogP contribution in [0, 0.1) is 0 Å². The van der Waals surface area contributed by atoms with Gasteiger partial charge in [0.05, 0.1) is 24.8 Å². The first kappa shape index (κ1) is 13.8. The minimum absolute atomic E-state index is 0.0236. The predicted octanol–water partition coefficient (Wildman–Crippen LogP) is -0.0825. The van der Waals surface area contributed by atoms with Gasteiger partial charge in [0.1, 0.15) is 0 Å². The Morgan fingerprint density at radius 3 is 2.56 bits per heavy atom. The smallest absolute Gasteiger partial charge is 0.240 e. The van der Waals surface area contributed by atoms with Gasteiger partial charge < -0.3 is 15.0 Å². The number of hydrogen-bond donors (Lipinski definition) is 1. The fourth-order valence-electron chi connectivity index (χ4n) is 2.72. The molecule has 104 valence electrons. The van der Waals surface area contributed by atoms with E-state index in [1.54, 1.807) is 0 Å². The molecule has 2 rings (SSSR count). The molecule has 0 aliphatic carbocycles. The zero-order valence-corrected chi connectivity index (χ0v) is 11.7. The molecule has 2 aliphatic rings. The summed E-state index contributed by atoms with van der Waals surface area (Å²) in [7, 11) is 0. The molecule has 1 amide bonds. The van der Waals surface area contributed by atoms with Crippen molar-refractivity contribution in [2.75, 3.05) is 45.9 Å². The van der Waals surface area contributed by atoms with Crippen LogP contribution >= 0.6 is 0 Å². The van der Waals surface area contributed by atoms with Gasteiger partial charge in [0.2, 0.25) is 5.91 Å². The van der Waals surface area contributed by atoms with Gasteiger partial charge in [-0.3, -0.25) is 9.69 Å². The SMILES string of the molecule is CC(C(=O)N1CCOCC1(C)C)N1CCNCC1. The third kappa shape index (κ3) is 2.84. The Balaban J connectivity index is 2.00. The molecule has 1 N–H and O–H groups in total. The largest absolute Gasteiger partial charge is 0.377 e. The van der Waals surface area contributed by atoms with Crippen molar-refractivity contribution in [3.05, 3.63) is 0 Å². The van der Waals surface area contributed by atoms with Gasteiger partial charge in [-0.2, -0.15) is 0 Å². The lowest BCUT2D eigenvalue weighted by molar-refractivity contribution is -0.151. The standard InChI is InChI=1S/C13H25N3O2/c1-11(15-6-4-14-5-7-15)12(17)16-8-9-18-10-13(16,2)3/h11,14H,4-10H2,1-3H3. The summed E-state index contributed by atoms with van der Waals surface area (Å²) in [4.78, 5) is 16.9. The van der Waals surface area contributed by atoms with E-state index < -0.39 is 0 Å². The van der Waals surface area contributed by atoms with Crippen molar-refractivity contribution < 1.29 is 9.53 Å². The summed E-state index contributed by atoms with van der Waals surface area (Å²) in [6.07, 6.45) is 0. The van der Waals surface area contributed by atoms with Gasteiger partial charge in [-0.25, -0.2) is 0 Å². The van der Waals surface area contributed by atoms with E-state index in [1.165, 1.54) is 0 Å². The minimum atomic E-state index is -0.183. The van der Waals surface area contributed by atoms with E-state index in [9.17, 15) is 4.79 Å². The summed E-state index contributed by atoms with van der Waals surface area (Å²) in [5, 5.41) is 3.32. The fourth-order valence-corrected chi connectivity index (χ4v) is 2.72. The van der Waals surface area contributed by atoms with E-state index in [4.69, 9.17) is 4.74 Å². The maximum absolute atomic E-state index is 12.6. The van der Waals surface area contributed by atoms with Gasteiger partial charge in [0.25, 0.3) is 0 Å². The van der Waals surface area contributed by atoms with Crippen molar-refractivity contribution in [3.63, 3.8) is 0 Å². The molecule has 1 unspecified atom stereocenters. The second kappa shape index (κ2) is 5.55. The highest BCUT2D eigenvalue weighted by Crippen LogP contribution is 2.21. The molecule has 2 heterocycles. The van der Waals surface area contributed by atoms with Gasteiger partial charge in [-0.15, -0.1) is 0 Å². The maximum atomic E-state index is 12.6. The van der Waals surface area contributed by atoms with E-state index >= 15 is 0 Å². The summed E-state index contributed by atoms with van der Waals surface area (Å²) < 4.78 is 5.47. The lowest BCUT2D eigenvalue weighted by atomic mass is 10.0. The summed E-state index contributed by atoms with van der Waals surface area (Å²) in [5.41, 5.74) is -0.183. The number of morpholine rings is 1. The molecule has 2 saturated heterocycles. The van der Waals surface area contributed by atoms with E-state index in [2.05, 4.69) is 24.1 Å². The van der Waals surface area contributed by atoms with Crippen LogP contribution in [0.3, 0.4) is 0 Å². The molecule has 0 saturated carbocycles. The van der Waals surface area contributed by atoms with Crippen molar-refractivity contribution >= 4 is 5.91 Å². The lowest BCUT2D eigenvalue weighted by Gasteiger charge is -2.45. The third-order valence-electron chi connectivity index (χ3n) is 3.97. The minimum Gasteiger partial charge on any atom is -0.377 e. The number of carbonyl (C=O) groups excluding carboxylic acids is 1. The Bertz CT molecular complexity index is 301. The van der Waals surface area contributed by atoms with Gasteiger partial charge >= 0.3 is 0 Å². The van der Waals surface area contributed by atoms with Crippen molar-refractivity contribution in [2.45, 2.75) is 32.4 Å². The predicted molar refractivity (Wildman–Crippen MR) is 70.5 cm³/mol. The van der Waals surface area contributed by atoms with Crippen molar-refractivity contribution in [1.29, 1.82) is 0 Å². The fraction of sp³-hybridized carbons (Fsp3) is 0.923. The normalized spacial score (nSPS) is 26.9. The van der Waals surface area contributed by atoms with Gasteiger partial charge in [-0.05, 0) is 20.8 Å². The Hall–Kier alpha value is -0.650. The van der Waals surface area contributed by atoms with E-state index in [1.807, 2.05) is 11.8 Å². The molecule has 1 atom stereocenters. The average Bonchev–Trinajstić information content (AvgIpc) is 2.37. The molecule has 0 spiro atoms. The quantitative estimate of drug-likeness (QED) is 0.749. The number of rotatable bonds is 2. The van der Waals surface area contributed by atoms with Crippen molar-refractivity contribution in [2.24, 2.45) is 0 Å². The molecule has 0 radical (unpaired) electrons. The van der Waals surface area contributed by atoms with Crippen LogP contribution in [-0.2, 0) is 9.53 Å². The topological polar surface area (TPSA) is 44.8 Å². The number of nitrogens with zero attached hydrogens (tertiary/aromatic N) is 2. The third-order valence-corrected chi connectivity index (χ3v) is 3.97. The van der Waals surface area contributed by atoms with Crippen LogP contribution in [0.1, 0.15) is 20.8 Å². The highest BCUT2D eigenvalue weighted by atomic mass is 16.5.